The Morgan fingerprint density at radius 3 is 2.92 bits per heavy atom. The maximum absolute atomic E-state index is 11.0. The minimum Gasteiger partial charge on any atom is -0.448 e. The molecule has 13 heavy (non-hydrogen) atoms. The normalized spacial score (nSPS) is 16.4. The number of likely N-dealkylation sites (N-methyl/N-ethyl adjacent to an activating group) is 1. The van der Waals surface area contributed by atoms with Crippen molar-refractivity contribution in [1.82, 2.24) is 15.5 Å². The minimum atomic E-state index is -0.185. The van der Waals surface area contributed by atoms with Gasteiger partial charge in [0.15, 0.2) is 0 Å². The number of hydrogen-bond donors (Lipinski definition) is 2. The molecule has 1 aliphatic rings. The number of nitrogens with one attached hydrogen (secondary N) is 2. The van der Waals surface area contributed by atoms with Crippen LogP contribution in [0.2, 0.25) is 0 Å². The molecule has 0 spiro atoms. The van der Waals surface area contributed by atoms with Crippen molar-refractivity contribution in [2.24, 2.45) is 0 Å². The molecule has 76 valence electrons. The van der Waals surface area contributed by atoms with Crippen LogP contribution in [-0.4, -0.2) is 57.4 Å². The van der Waals surface area contributed by atoms with Gasteiger partial charge in [-0.3, -0.25) is 0 Å². The summed E-state index contributed by atoms with van der Waals surface area (Å²) in [4.78, 5) is 12.7. The van der Waals surface area contributed by atoms with Gasteiger partial charge < -0.3 is 20.3 Å². The lowest BCUT2D eigenvalue weighted by molar-refractivity contribution is 0.158. The highest BCUT2D eigenvalue weighted by Gasteiger charge is 2.20. The van der Waals surface area contributed by atoms with E-state index in [0.29, 0.717) is 6.61 Å². The first-order valence-electron chi connectivity index (χ1n) is 4.61. The van der Waals surface area contributed by atoms with Gasteiger partial charge in [0.05, 0.1) is 6.54 Å². The molecule has 0 atom stereocenters. The summed E-state index contributed by atoms with van der Waals surface area (Å²) in [5, 5.41) is 6.26. The van der Waals surface area contributed by atoms with Crippen molar-refractivity contribution in [2.45, 2.75) is 0 Å². The molecule has 0 bridgehead atoms. The summed E-state index contributed by atoms with van der Waals surface area (Å²) < 4.78 is 4.79. The van der Waals surface area contributed by atoms with Crippen LogP contribution in [0.5, 0.6) is 0 Å². The largest absolute Gasteiger partial charge is 0.448 e. The standard InChI is InChI=1S/C8H17N3O2/c1-9-2-3-10-4-5-11-6-7-13-8(11)12/h9-10H,2-7H2,1H3. The Hall–Kier alpha value is -0.810. The fourth-order valence-electron chi connectivity index (χ4n) is 1.18. The third-order valence-corrected chi connectivity index (χ3v) is 1.96. The number of nitrogens with zero attached hydrogens (tertiary/aromatic N) is 1. The van der Waals surface area contributed by atoms with Crippen LogP contribution < -0.4 is 10.6 Å². The zero-order valence-electron chi connectivity index (χ0n) is 8.01. The molecule has 5 nitrogen and oxygen atoms in total. The van der Waals surface area contributed by atoms with E-state index in [0.717, 1.165) is 32.7 Å². The molecule has 0 unspecified atom stereocenters. The Morgan fingerprint density at radius 2 is 2.31 bits per heavy atom. The van der Waals surface area contributed by atoms with Gasteiger partial charge in [-0.15, -0.1) is 0 Å². The van der Waals surface area contributed by atoms with E-state index in [1.54, 1.807) is 4.90 Å². The van der Waals surface area contributed by atoms with Gasteiger partial charge in [-0.05, 0) is 7.05 Å². The van der Waals surface area contributed by atoms with Gasteiger partial charge in [-0.25, -0.2) is 4.79 Å². The molecule has 0 aliphatic carbocycles. The van der Waals surface area contributed by atoms with Gasteiger partial charge in [0, 0.05) is 26.2 Å². The average Bonchev–Trinajstić information content (AvgIpc) is 2.52. The molecule has 1 fully saturated rings. The summed E-state index contributed by atoms with van der Waals surface area (Å²) in [5.41, 5.74) is 0. The molecule has 2 N–H and O–H groups in total. The van der Waals surface area contributed by atoms with Crippen molar-refractivity contribution in [2.75, 3.05) is 46.4 Å². The van der Waals surface area contributed by atoms with E-state index in [1.807, 2.05) is 7.05 Å². The predicted molar refractivity (Wildman–Crippen MR) is 49.7 cm³/mol. The van der Waals surface area contributed by atoms with Gasteiger partial charge in [0.2, 0.25) is 0 Å². The number of rotatable bonds is 6. The van der Waals surface area contributed by atoms with Gasteiger partial charge in [0.1, 0.15) is 6.61 Å². The Bertz CT molecular complexity index is 163. The first-order valence-corrected chi connectivity index (χ1v) is 4.61. The number of hydrogen-bond acceptors (Lipinski definition) is 4. The molecule has 0 aromatic carbocycles. The van der Waals surface area contributed by atoms with Gasteiger partial charge in [0.25, 0.3) is 0 Å². The van der Waals surface area contributed by atoms with E-state index in [2.05, 4.69) is 10.6 Å². The summed E-state index contributed by atoms with van der Waals surface area (Å²) >= 11 is 0. The molecule has 0 radical (unpaired) electrons. The maximum Gasteiger partial charge on any atom is 0.409 e. The summed E-state index contributed by atoms with van der Waals surface area (Å²) in [5.74, 6) is 0. The van der Waals surface area contributed by atoms with Crippen LogP contribution in [0.15, 0.2) is 0 Å². The quantitative estimate of drug-likeness (QED) is 0.537. The Morgan fingerprint density at radius 1 is 1.46 bits per heavy atom. The molecule has 0 saturated carbocycles. The van der Waals surface area contributed by atoms with E-state index in [4.69, 9.17) is 4.74 Å². The van der Waals surface area contributed by atoms with Gasteiger partial charge in [-0.2, -0.15) is 0 Å². The lowest BCUT2D eigenvalue weighted by atomic mass is 10.5. The molecular formula is C8H17N3O2. The maximum atomic E-state index is 11.0. The highest BCUT2D eigenvalue weighted by molar-refractivity contribution is 5.69. The van der Waals surface area contributed by atoms with Crippen LogP contribution >= 0.6 is 0 Å². The molecule has 0 aromatic rings. The minimum absolute atomic E-state index is 0.185. The van der Waals surface area contributed by atoms with E-state index in [9.17, 15) is 4.79 Å². The monoisotopic (exact) mass is 187 g/mol. The second-order valence-corrected chi connectivity index (χ2v) is 2.95. The number of ether oxygens (including phenoxy) is 1. The topological polar surface area (TPSA) is 53.6 Å². The Labute approximate surface area is 78.4 Å². The van der Waals surface area contributed by atoms with Crippen LogP contribution in [0.4, 0.5) is 4.79 Å². The predicted octanol–water partition coefficient (Wildman–Crippen LogP) is -0.752. The molecule has 0 aromatic heterocycles. The second kappa shape index (κ2) is 5.77. The molecule has 1 saturated heterocycles. The number of carbonyl (C=O) groups excluding carboxylic acids is 1. The average molecular weight is 187 g/mol. The van der Waals surface area contributed by atoms with Crippen molar-refractivity contribution in [1.29, 1.82) is 0 Å². The lowest BCUT2D eigenvalue weighted by Gasteiger charge is -2.12. The van der Waals surface area contributed by atoms with Crippen molar-refractivity contribution >= 4 is 6.09 Å². The Balaban J connectivity index is 1.96. The van der Waals surface area contributed by atoms with E-state index in [1.165, 1.54) is 0 Å². The van der Waals surface area contributed by atoms with E-state index < -0.39 is 0 Å². The highest BCUT2D eigenvalue weighted by Crippen LogP contribution is 2.00. The molecular weight excluding hydrogens is 170 g/mol. The second-order valence-electron chi connectivity index (χ2n) is 2.95. The van der Waals surface area contributed by atoms with Crippen LogP contribution in [-0.2, 0) is 4.74 Å². The summed E-state index contributed by atoms with van der Waals surface area (Å²) in [6.07, 6.45) is -0.185. The smallest absolute Gasteiger partial charge is 0.409 e. The fourth-order valence-corrected chi connectivity index (χ4v) is 1.18. The summed E-state index contributed by atoms with van der Waals surface area (Å²) in [7, 11) is 1.92. The number of cyclic esters (lactones) is 1. The SMILES string of the molecule is CNCCNCCN1CCOC1=O. The fraction of sp³-hybridized carbons (Fsp3) is 0.875. The third kappa shape index (κ3) is 3.61. The zero-order chi connectivity index (χ0) is 9.52. The molecule has 1 heterocycles. The van der Waals surface area contributed by atoms with E-state index in [-0.39, 0.29) is 6.09 Å². The lowest BCUT2D eigenvalue weighted by Crippen LogP contribution is -2.35. The van der Waals surface area contributed by atoms with Gasteiger partial charge in [-0.1, -0.05) is 0 Å². The summed E-state index contributed by atoms with van der Waals surface area (Å²) in [6, 6.07) is 0. The van der Waals surface area contributed by atoms with Crippen LogP contribution in [0.1, 0.15) is 0 Å². The first kappa shape index (κ1) is 10.3. The number of carbonyl (C=O) groups is 1. The van der Waals surface area contributed by atoms with Crippen LogP contribution in [0.3, 0.4) is 0 Å². The van der Waals surface area contributed by atoms with Crippen LogP contribution in [0, 0.1) is 0 Å². The molecule has 1 amide bonds. The Kier molecular flexibility index (Phi) is 4.56. The van der Waals surface area contributed by atoms with Gasteiger partial charge >= 0.3 is 6.09 Å². The van der Waals surface area contributed by atoms with Crippen LogP contribution in [0.25, 0.3) is 0 Å². The van der Waals surface area contributed by atoms with Crippen molar-refractivity contribution in [3.63, 3.8) is 0 Å². The third-order valence-electron chi connectivity index (χ3n) is 1.96. The first-order chi connectivity index (χ1) is 6.34. The zero-order valence-corrected chi connectivity index (χ0v) is 8.01. The van der Waals surface area contributed by atoms with Crippen molar-refractivity contribution < 1.29 is 9.53 Å². The molecule has 5 heteroatoms. The van der Waals surface area contributed by atoms with Crippen molar-refractivity contribution in [3.8, 4) is 0 Å². The van der Waals surface area contributed by atoms with Crippen molar-refractivity contribution in [3.05, 3.63) is 0 Å². The highest BCUT2D eigenvalue weighted by atomic mass is 16.6. The number of amides is 1. The molecule has 1 rings (SSSR count). The summed E-state index contributed by atoms with van der Waals surface area (Å²) in [6.45, 7) is 4.71. The molecule has 1 aliphatic heterocycles. The van der Waals surface area contributed by atoms with E-state index >= 15 is 0 Å².